The van der Waals surface area contributed by atoms with E-state index >= 15 is 0 Å². The summed E-state index contributed by atoms with van der Waals surface area (Å²) in [6.45, 7) is 4.25. The highest BCUT2D eigenvalue weighted by Crippen LogP contribution is 2.36. The Balaban J connectivity index is 0.000000176. The molecule has 3 aromatic rings. The summed E-state index contributed by atoms with van der Waals surface area (Å²) in [6.07, 6.45) is 6.88. The van der Waals surface area contributed by atoms with Crippen LogP contribution in [0, 0.1) is 13.8 Å². The van der Waals surface area contributed by atoms with Crippen molar-refractivity contribution in [2.24, 2.45) is 0 Å². The van der Waals surface area contributed by atoms with Crippen molar-refractivity contribution >= 4 is 24.8 Å². The van der Waals surface area contributed by atoms with Crippen molar-refractivity contribution in [2.45, 2.75) is 26.1 Å². The number of rotatable bonds is 5. The van der Waals surface area contributed by atoms with Gasteiger partial charge < -0.3 is 9.47 Å². The Morgan fingerprint density at radius 1 is 0.710 bits per heavy atom. The van der Waals surface area contributed by atoms with E-state index in [4.69, 9.17) is 9.47 Å². The number of allylic oxidation sites excluding steroid dienone is 2. The van der Waals surface area contributed by atoms with Crippen LogP contribution in [0.3, 0.4) is 0 Å². The minimum Gasteiger partial charge on any atom is -0.349 e. The molecule has 0 heterocycles. The maximum atomic E-state index is 5.55. The molecule has 0 atom stereocenters. The van der Waals surface area contributed by atoms with Crippen molar-refractivity contribution in [1.29, 1.82) is 0 Å². The van der Waals surface area contributed by atoms with Crippen molar-refractivity contribution in [3.63, 3.8) is 0 Å². The van der Waals surface area contributed by atoms with Gasteiger partial charge in [0.05, 0.1) is 0 Å². The third-order valence-corrected chi connectivity index (χ3v) is 6.58. The Morgan fingerprint density at radius 2 is 1.23 bits per heavy atom. The second-order valence-corrected chi connectivity index (χ2v) is 9.00. The summed E-state index contributed by atoms with van der Waals surface area (Å²) in [6, 6.07) is 27.7. The average molecular weight is 431 g/mol. The van der Waals surface area contributed by atoms with Gasteiger partial charge in [-0.1, -0.05) is 117 Å². The van der Waals surface area contributed by atoms with E-state index in [1.165, 1.54) is 21.7 Å². The van der Waals surface area contributed by atoms with Gasteiger partial charge in [-0.25, -0.2) is 0 Å². The van der Waals surface area contributed by atoms with Gasteiger partial charge in [-0.05, 0) is 30.0 Å². The van der Waals surface area contributed by atoms with Crippen LogP contribution in [0.25, 0.3) is 5.57 Å². The molecule has 0 amide bonds. The smallest absolute Gasteiger partial charge is 0.198 e. The Kier molecular flexibility index (Phi) is 8.37. The lowest BCUT2D eigenvalue weighted by Gasteiger charge is -2.34. The highest BCUT2D eigenvalue weighted by molar-refractivity contribution is 7.55. The van der Waals surface area contributed by atoms with E-state index in [1.807, 2.05) is 30.4 Å². The largest absolute Gasteiger partial charge is 0.349 e. The molecule has 1 aliphatic carbocycles. The normalized spacial score (nSPS) is 14.4. The molecule has 0 saturated heterocycles. The van der Waals surface area contributed by atoms with Crippen LogP contribution in [-0.4, -0.2) is 20.0 Å². The number of hydrogen-bond acceptors (Lipinski definition) is 2. The van der Waals surface area contributed by atoms with Crippen molar-refractivity contribution in [3.8, 4) is 0 Å². The van der Waals surface area contributed by atoms with Crippen LogP contribution in [0.5, 0.6) is 0 Å². The first-order valence-electron chi connectivity index (χ1n) is 10.5. The van der Waals surface area contributed by atoms with Gasteiger partial charge in [0.25, 0.3) is 0 Å². The molecule has 4 rings (SSSR count). The SMILES string of the molecule is COC1(OC)CC=CC=C1c1ccccc1.Cc1ccc(Pc2ccc(C)cc2)cc1. The summed E-state index contributed by atoms with van der Waals surface area (Å²) < 4.78 is 11.1. The van der Waals surface area contributed by atoms with Crippen LogP contribution in [-0.2, 0) is 9.47 Å². The lowest BCUT2D eigenvalue weighted by Crippen LogP contribution is -2.35. The molecule has 0 saturated carbocycles. The van der Waals surface area contributed by atoms with Crippen LogP contribution in [0.2, 0.25) is 0 Å². The molecule has 3 aromatic carbocycles. The first-order valence-corrected chi connectivity index (χ1v) is 11.5. The van der Waals surface area contributed by atoms with Crippen molar-refractivity contribution in [1.82, 2.24) is 0 Å². The average Bonchev–Trinajstić information content (AvgIpc) is 2.83. The first kappa shape index (κ1) is 23.2. The van der Waals surface area contributed by atoms with Crippen LogP contribution in [0.1, 0.15) is 23.1 Å². The fraction of sp³-hybridized carbons (Fsp3) is 0.214. The molecule has 0 aromatic heterocycles. The van der Waals surface area contributed by atoms with Crippen LogP contribution in [0.4, 0.5) is 0 Å². The minimum absolute atomic E-state index is 0.643. The predicted octanol–water partition coefficient (Wildman–Crippen LogP) is 5.95. The second kappa shape index (κ2) is 11.2. The zero-order valence-corrected chi connectivity index (χ0v) is 19.8. The summed E-state index contributed by atoms with van der Waals surface area (Å²) in [7, 11) is 4.13. The minimum atomic E-state index is -0.643. The number of methoxy groups -OCH3 is 2. The predicted molar refractivity (Wildman–Crippen MR) is 135 cm³/mol. The first-order chi connectivity index (χ1) is 15.1. The van der Waals surface area contributed by atoms with Gasteiger partial charge in [0.1, 0.15) is 0 Å². The number of hydrogen-bond donors (Lipinski definition) is 0. The van der Waals surface area contributed by atoms with Gasteiger partial charge in [-0.3, -0.25) is 0 Å². The molecule has 0 unspecified atom stereocenters. The number of benzene rings is 3. The van der Waals surface area contributed by atoms with Crippen LogP contribution in [0.15, 0.2) is 97.1 Å². The van der Waals surface area contributed by atoms with Gasteiger partial charge >= 0.3 is 0 Å². The number of aryl methyl sites for hydroxylation is 2. The fourth-order valence-corrected chi connectivity index (χ4v) is 4.47. The second-order valence-electron chi connectivity index (χ2n) is 7.60. The van der Waals surface area contributed by atoms with E-state index < -0.39 is 5.79 Å². The van der Waals surface area contributed by atoms with Gasteiger partial charge in [0.15, 0.2) is 5.79 Å². The molecular weight excluding hydrogens is 399 g/mol. The molecule has 2 nitrogen and oxygen atoms in total. The Labute approximate surface area is 188 Å². The van der Waals surface area contributed by atoms with Crippen molar-refractivity contribution in [3.05, 3.63) is 114 Å². The molecule has 0 radical (unpaired) electrons. The number of ether oxygens (including phenoxy) is 2. The van der Waals surface area contributed by atoms with E-state index in [0.717, 1.165) is 26.1 Å². The monoisotopic (exact) mass is 430 g/mol. The zero-order chi connectivity index (χ0) is 22.1. The summed E-state index contributed by atoms with van der Waals surface area (Å²) in [5, 5.41) is 2.81. The topological polar surface area (TPSA) is 18.5 Å². The maximum absolute atomic E-state index is 5.55. The van der Waals surface area contributed by atoms with Crippen molar-refractivity contribution in [2.75, 3.05) is 14.2 Å². The van der Waals surface area contributed by atoms with Crippen molar-refractivity contribution < 1.29 is 9.47 Å². The Morgan fingerprint density at radius 3 is 1.71 bits per heavy atom. The molecule has 3 heteroatoms. The lowest BCUT2D eigenvalue weighted by molar-refractivity contribution is -0.159. The molecule has 0 fully saturated rings. The molecular formula is C28H31O2P. The summed E-state index contributed by atoms with van der Waals surface area (Å²) in [5.41, 5.74) is 4.86. The molecule has 160 valence electrons. The van der Waals surface area contributed by atoms with E-state index in [1.54, 1.807) is 14.2 Å². The maximum Gasteiger partial charge on any atom is 0.198 e. The summed E-state index contributed by atoms with van der Waals surface area (Å²) in [4.78, 5) is 0. The van der Waals surface area contributed by atoms with E-state index in [2.05, 4.69) is 80.6 Å². The highest BCUT2D eigenvalue weighted by atomic mass is 31.1. The molecule has 0 aliphatic heterocycles. The molecule has 0 N–H and O–H groups in total. The van der Waals surface area contributed by atoms with Gasteiger partial charge in [0, 0.05) is 26.2 Å². The molecule has 0 bridgehead atoms. The standard InChI is InChI=1S/C14H16O2.C14H15P/c1-15-14(16-2)11-7-6-10-13(14)12-8-4-3-5-9-12;1-11-3-7-13(8-4-11)15-14-9-5-12(2)6-10-14/h3-10H,11H2,1-2H3;3-10,15H,1-2H3. The van der Waals surface area contributed by atoms with E-state index in [0.29, 0.717) is 0 Å². The van der Waals surface area contributed by atoms with Gasteiger partial charge in [-0.15, -0.1) is 0 Å². The summed E-state index contributed by atoms with van der Waals surface area (Å²) in [5.74, 6) is -0.643. The third-order valence-electron chi connectivity index (χ3n) is 5.33. The third kappa shape index (κ3) is 6.24. The lowest BCUT2D eigenvalue weighted by atomic mass is 9.91. The molecule has 0 spiro atoms. The van der Waals surface area contributed by atoms with E-state index in [9.17, 15) is 0 Å². The van der Waals surface area contributed by atoms with E-state index in [-0.39, 0.29) is 0 Å². The fourth-order valence-electron chi connectivity index (χ4n) is 3.47. The Bertz CT molecular complexity index is 956. The van der Waals surface area contributed by atoms with Crippen LogP contribution < -0.4 is 10.6 Å². The quantitative estimate of drug-likeness (QED) is 0.368. The van der Waals surface area contributed by atoms with Gasteiger partial charge in [-0.2, -0.15) is 0 Å². The van der Waals surface area contributed by atoms with Gasteiger partial charge in [0.2, 0.25) is 0 Å². The highest BCUT2D eigenvalue weighted by Gasteiger charge is 2.35. The van der Waals surface area contributed by atoms with Crippen LogP contribution >= 0.6 is 8.58 Å². The molecule has 31 heavy (non-hydrogen) atoms. The Hall–Kier alpha value is -2.51. The summed E-state index contributed by atoms with van der Waals surface area (Å²) >= 11 is 0. The zero-order valence-electron chi connectivity index (χ0n) is 18.8. The molecule has 1 aliphatic rings.